The van der Waals surface area contributed by atoms with Crippen LogP contribution in [0.2, 0.25) is 0 Å². The molecule has 0 spiro atoms. The molecule has 0 saturated carbocycles. The number of pyridine rings is 1. The van der Waals surface area contributed by atoms with Gasteiger partial charge in [-0.15, -0.1) is 0 Å². The number of rotatable bonds is 5. The van der Waals surface area contributed by atoms with Gasteiger partial charge in [-0.1, -0.05) is 6.07 Å². The Kier molecular flexibility index (Phi) is 4.87. The molecule has 0 aliphatic carbocycles. The molecule has 0 unspecified atom stereocenters. The predicted molar refractivity (Wildman–Crippen MR) is 79.0 cm³/mol. The molecule has 0 aliphatic rings. The van der Waals surface area contributed by atoms with Crippen LogP contribution in [0.3, 0.4) is 0 Å². The normalized spacial score (nSPS) is 10.5. The third kappa shape index (κ3) is 3.52. The Bertz CT molecular complexity index is 548. The summed E-state index contributed by atoms with van der Waals surface area (Å²) in [7, 11) is 0. The molecule has 2 aromatic rings. The van der Waals surface area contributed by atoms with Crippen LogP contribution in [0.5, 0.6) is 0 Å². The molecule has 5 heteroatoms. The number of hydrogen-bond acceptors (Lipinski definition) is 3. The van der Waals surface area contributed by atoms with E-state index < -0.39 is 0 Å². The molecule has 0 amide bonds. The van der Waals surface area contributed by atoms with Gasteiger partial charge in [-0.25, -0.2) is 4.39 Å². The fraction of sp³-hybridized carbons (Fsp3) is 0.214. The quantitative estimate of drug-likeness (QED) is 0.916. The van der Waals surface area contributed by atoms with Crippen LogP contribution in [0, 0.1) is 5.82 Å². The van der Waals surface area contributed by atoms with Crippen LogP contribution < -0.4 is 10.6 Å². The molecule has 0 bridgehead atoms. The molecule has 0 fully saturated rings. The number of nitrogens with two attached hydrogens (primary N) is 1. The van der Waals surface area contributed by atoms with Gasteiger partial charge in [0.1, 0.15) is 5.82 Å². The Morgan fingerprint density at radius 1 is 1.32 bits per heavy atom. The molecular weight excluding hydrogens is 309 g/mol. The molecule has 0 radical (unpaired) electrons. The summed E-state index contributed by atoms with van der Waals surface area (Å²) in [6.07, 6.45) is 4.27. The lowest BCUT2D eigenvalue weighted by Crippen LogP contribution is -2.21. The molecule has 1 heterocycles. The maximum Gasteiger partial charge on any atom is 0.125 e. The van der Waals surface area contributed by atoms with Crippen molar-refractivity contribution in [3.05, 3.63) is 53.0 Å². The van der Waals surface area contributed by atoms with E-state index in [0.717, 1.165) is 28.8 Å². The fourth-order valence-corrected chi connectivity index (χ4v) is 2.33. The minimum absolute atomic E-state index is 0.250. The Labute approximate surface area is 120 Å². The maximum atomic E-state index is 13.4. The van der Waals surface area contributed by atoms with E-state index in [9.17, 15) is 4.39 Å². The maximum absolute atomic E-state index is 13.4. The van der Waals surface area contributed by atoms with Crippen LogP contribution in [-0.2, 0) is 0 Å². The minimum Gasteiger partial charge on any atom is -0.340 e. The molecule has 0 saturated heterocycles. The topological polar surface area (TPSA) is 42.1 Å². The average Bonchev–Trinajstić information content (AvgIpc) is 2.41. The summed E-state index contributed by atoms with van der Waals surface area (Å²) in [5.74, 6) is -0.250. The molecule has 2 rings (SSSR count). The SMILES string of the molecule is NCCCN(c1cccc(F)c1)c1ccncc1Br. The van der Waals surface area contributed by atoms with Crippen LogP contribution in [0.15, 0.2) is 47.2 Å². The molecular formula is C14H15BrFN3. The van der Waals surface area contributed by atoms with Crippen molar-refractivity contribution in [2.75, 3.05) is 18.0 Å². The predicted octanol–water partition coefficient (Wildman–Crippen LogP) is 3.47. The van der Waals surface area contributed by atoms with Crippen molar-refractivity contribution in [2.45, 2.75) is 6.42 Å². The number of anilines is 2. The summed E-state index contributed by atoms with van der Waals surface area (Å²) in [5.41, 5.74) is 7.33. The first-order valence-electron chi connectivity index (χ1n) is 6.05. The van der Waals surface area contributed by atoms with Crippen molar-refractivity contribution >= 4 is 27.3 Å². The van der Waals surface area contributed by atoms with Crippen LogP contribution in [-0.4, -0.2) is 18.1 Å². The number of halogens is 2. The van der Waals surface area contributed by atoms with Crippen LogP contribution in [0.25, 0.3) is 0 Å². The second-order valence-electron chi connectivity index (χ2n) is 4.10. The zero-order chi connectivity index (χ0) is 13.7. The smallest absolute Gasteiger partial charge is 0.125 e. The van der Waals surface area contributed by atoms with Gasteiger partial charge < -0.3 is 10.6 Å². The highest BCUT2D eigenvalue weighted by molar-refractivity contribution is 9.10. The highest BCUT2D eigenvalue weighted by Crippen LogP contribution is 2.31. The first-order chi connectivity index (χ1) is 9.22. The molecule has 2 N–H and O–H groups in total. The second-order valence-corrected chi connectivity index (χ2v) is 4.96. The highest BCUT2D eigenvalue weighted by atomic mass is 79.9. The van der Waals surface area contributed by atoms with Crippen molar-refractivity contribution in [1.29, 1.82) is 0 Å². The Morgan fingerprint density at radius 3 is 2.84 bits per heavy atom. The molecule has 1 aromatic heterocycles. The van der Waals surface area contributed by atoms with Gasteiger partial charge >= 0.3 is 0 Å². The summed E-state index contributed by atoms with van der Waals surface area (Å²) in [4.78, 5) is 6.08. The number of hydrogen-bond donors (Lipinski definition) is 1. The number of aromatic nitrogens is 1. The van der Waals surface area contributed by atoms with E-state index in [1.54, 1.807) is 18.5 Å². The average molecular weight is 324 g/mol. The first kappa shape index (κ1) is 14.0. The molecule has 3 nitrogen and oxygen atoms in total. The summed E-state index contributed by atoms with van der Waals surface area (Å²) in [6.45, 7) is 1.32. The summed E-state index contributed by atoms with van der Waals surface area (Å²) >= 11 is 3.48. The van der Waals surface area contributed by atoms with Gasteiger partial charge in [-0.05, 0) is 53.2 Å². The van der Waals surface area contributed by atoms with Gasteiger partial charge in [0.25, 0.3) is 0 Å². The van der Waals surface area contributed by atoms with E-state index in [1.165, 1.54) is 12.1 Å². The Balaban J connectivity index is 2.38. The van der Waals surface area contributed by atoms with Gasteiger partial charge in [0.05, 0.1) is 10.2 Å². The number of nitrogens with zero attached hydrogens (tertiary/aromatic N) is 2. The summed E-state index contributed by atoms with van der Waals surface area (Å²) in [5, 5.41) is 0. The van der Waals surface area contributed by atoms with Crippen LogP contribution in [0.1, 0.15) is 6.42 Å². The zero-order valence-corrected chi connectivity index (χ0v) is 12.0. The fourth-order valence-electron chi connectivity index (χ4n) is 1.87. The minimum atomic E-state index is -0.250. The Morgan fingerprint density at radius 2 is 2.16 bits per heavy atom. The zero-order valence-electron chi connectivity index (χ0n) is 10.4. The molecule has 1 aromatic carbocycles. The van der Waals surface area contributed by atoms with E-state index in [1.807, 2.05) is 17.0 Å². The van der Waals surface area contributed by atoms with Crippen molar-refractivity contribution in [1.82, 2.24) is 4.98 Å². The molecule has 0 aliphatic heterocycles. The molecule has 0 atom stereocenters. The lowest BCUT2D eigenvalue weighted by Gasteiger charge is -2.25. The highest BCUT2D eigenvalue weighted by Gasteiger charge is 2.12. The monoisotopic (exact) mass is 323 g/mol. The first-order valence-corrected chi connectivity index (χ1v) is 6.84. The van der Waals surface area contributed by atoms with Gasteiger partial charge in [0.2, 0.25) is 0 Å². The lowest BCUT2D eigenvalue weighted by atomic mass is 10.2. The van der Waals surface area contributed by atoms with Crippen molar-refractivity contribution in [2.24, 2.45) is 5.73 Å². The van der Waals surface area contributed by atoms with E-state index in [4.69, 9.17) is 5.73 Å². The van der Waals surface area contributed by atoms with E-state index >= 15 is 0 Å². The van der Waals surface area contributed by atoms with Gasteiger partial charge in [-0.3, -0.25) is 4.98 Å². The van der Waals surface area contributed by atoms with Crippen molar-refractivity contribution in [3.8, 4) is 0 Å². The largest absolute Gasteiger partial charge is 0.340 e. The lowest BCUT2D eigenvalue weighted by molar-refractivity contribution is 0.627. The molecule has 100 valence electrons. The Hall–Kier alpha value is -1.46. The van der Waals surface area contributed by atoms with Gasteiger partial charge in [0, 0.05) is 24.6 Å². The summed E-state index contributed by atoms with van der Waals surface area (Å²) in [6, 6.07) is 8.43. The van der Waals surface area contributed by atoms with E-state index in [0.29, 0.717) is 6.54 Å². The van der Waals surface area contributed by atoms with Crippen LogP contribution in [0.4, 0.5) is 15.8 Å². The third-order valence-electron chi connectivity index (χ3n) is 2.75. The van der Waals surface area contributed by atoms with Gasteiger partial charge in [-0.2, -0.15) is 0 Å². The standard InChI is InChI=1S/C14H15BrFN3/c15-13-10-18-7-5-14(13)19(8-2-6-17)12-4-1-3-11(16)9-12/h1,3-5,7,9-10H,2,6,8,17H2. The van der Waals surface area contributed by atoms with E-state index in [2.05, 4.69) is 20.9 Å². The van der Waals surface area contributed by atoms with Crippen molar-refractivity contribution < 1.29 is 4.39 Å². The van der Waals surface area contributed by atoms with E-state index in [-0.39, 0.29) is 5.82 Å². The van der Waals surface area contributed by atoms with Crippen molar-refractivity contribution in [3.63, 3.8) is 0 Å². The summed E-state index contributed by atoms with van der Waals surface area (Å²) < 4.78 is 14.3. The number of benzene rings is 1. The van der Waals surface area contributed by atoms with Gasteiger partial charge in [0.15, 0.2) is 0 Å². The third-order valence-corrected chi connectivity index (χ3v) is 3.36. The molecule has 19 heavy (non-hydrogen) atoms. The van der Waals surface area contributed by atoms with Crippen LogP contribution >= 0.6 is 15.9 Å². The second kappa shape index (κ2) is 6.63.